The van der Waals surface area contributed by atoms with Gasteiger partial charge in [-0.3, -0.25) is 14.4 Å². The zero-order valence-corrected chi connectivity index (χ0v) is 15.1. The molecule has 27 heavy (non-hydrogen) atoms. The second kappa shape index (κ2) is 7.12. The normalized spacial score (nSPS) is 11.3. The van der Waals surface area contributed by atoms with Crippen molar-refractivity contribution >= 4 is 21.4 Å². The maximum Gasteiger partial charge on any atom is 0.312 e. The Hall–Kier alpha value is -3.33. The number of nitrogens with zero attached hydrogens (tertiary/aromatic N) is 2. The van der Waals surface area contributed by atoms with Gasteiger partial charge in [0.1, 0.15) is 5.76 Å². The summed E-state index contributed by atoms with van der Waals surface area (Å²) < 4.78 is 32.8. The molecule has 8 nitrogen and oxygen atoms in total. The molecule has 9 heteroatoms. The lowest BCUT2D eigenvalue weighted by Crippen LogP contribution is -2.30. The molecule has 0 amide bonds. The summed E-state index contributed by atoms with van der Waals surface area (Å²) in [5.41, 5.74) is 0.653. The molecule has 1 aromatic heterocycles. The summed E-state index contributed by atoms with van der Waals surface area (Å²) in [7, 11) is -4.16. The molecular weight excluding hydrogens is 372 g/mol. The van der Waals surface area contributed by atoms with E-state index >= 15 is 0 Å². The fraction of sp³-hybridized carbons (Fsp3) is 0.111. The fourth-order valence-corrected chi connectivity index (χ4v) is 3.96. The SMILES string of the molecule is Cc1ccc(N(Cc2ccco2)S(=O)(=O)c2ccc(O)c([N+](=O)[O-])c2)cc1. The second-order valence-electron chi connectivity index (χ2n) is 5.83. The Labute approximate surface area is 155 Å². The molecule has 3 rings (SSSR count). The number of phenolic OH excluding ortho intramolecular Hbond substituents is 1. The molecule has 0 aliphatic rings. The number of aromatic hydroxyl groups is 1. The van der Waals surface area contributed by atoms with E-state index in [-0.39, 0.29) is 11.4 Å². The number of rotatable bonds is 6. The van der Waals surface area contributed by atoms with Crippen LogP contribution in [0.3, 0.4) is 0 Å². The van der Waals surface area contributed by atoms with Gasteiger partial charge in [-0.1, -0.05) is 17.7 Å². The summed E-state index contributed by atoms with van der Waals surface area (Å²) in [5.74, 6) is -0.195. The van der Waals surface area contributed by atoms with Crippen LogP contribution in [0.15, 0.2) is 70.2 Å². The lowest BCUT2D eigenvalue weighted by atomic mass is 10.2. The van der Waals surface area contributed by atoms with Gasteiger partial charge in [0.25, 0.3) is 10.0 Å². The highest BCUT2D eigenvalue weighted by atomic mass is 32.2. The largest absolute Gasteiger partial charge is 0.502 e. The Balaban J connectivity index is 2.11. The van der Waals surface area contributed by atoms with E-state index in [1.165, 1.54) is 6.26 Å². The fourth-order valence-electron chi connectivity index (χ4n) is 2.51. The number of nitro benzene ring substituents is 1. The highest BCUT2D eigenvalue weighted by molar-refractivity contribution is 7.92. The maximum absolute atomic E-state index is 13.2. The summed E-state index contributed by atoms with van der Waals surface area (Å²) in [6.45, 7) is 1.78. The molecular formula is C18H16N2O6S. The zero-order valence-electron chi connectivity index (χ0n) is 14.3. The molecule has 1 heterocycles. The van der Waals surface area contributed by atoms with Crippen LogP contribution in [0.25, 0.3) is 0 Å². The van der Waals surface area contributed by atoms with E-state index in [1.807, 2.05) is 6.92 Å². The smallest absolute Gasteiger partial charge is 0.312 e. The average Bonchev–Trinajstić information content (AvgIpc) is 3.14. The maximum atomic E-state index is 13.2. The van der Waals surface area contributed by atoms with E-state index in [2.05, 4.69) is 0 Å². The Bertz CT molecular complexity index is 1060. The summed E-state index contributed by atoms with van der Waals surface area (Å²) in [5, 5.41) is 20.7. The van der Waals surface area contributed by atoms with Gasteiger partial charge in [-0.05, 0) is 43.3 Å². The Kier molecular flexibility index (Phi) is 4.87. The summed E-state index contributed by atoms with van der Waals surface area (Å²) in [4.78, 5) is 9.91. The lowest BCUT2D eigenvalue weighted by Gasteiger charge is -2.23. The van der Waals surface area contributed by atoms with Crippen molar-refractivity contribution in [2.45, 2.75) is 18.4 Å². The lowest BCUT2D eigenvalue weighted by molar-refractivity contribution is -0.386. The van der Waals surface area contributed by atoms with Gasteiger partial charge >= 0.3 is 5.69 Å². The number of nitro groups is 1. The van der Waals surface area contributed by atoms with Crippen molar-refractivity contribution in [2.24, 2.45) is 0 Å². The molecule has 1 N–H and O–H groups in total. The molecule has 0 bridgehead atoms. The molecule has 0 saturated heterocycles. The predicted molar refractivity (Wildman–Crippen MR) is 98.0 cm³/mol. The molecule has 3 aromatic rings. The van der Waals surface area contributed by atoms with Gasteiger partial charge in [-0.15, -0.1) is 0 Å². The van der Waals surface area contributed by atoms with E-state index < -0.39 is 26.4 Å². The number of hydrogen-bond donors (Lipinski definition) is 1. The minimum Gasteiger partial charge on any atom is -0.502 e. The summed E-state index contributed by atoms with van der Waals surface area (Å²) in [6.07, 6.45) is 1.43. The minimum absolute atomic E-state index is 0.0902. The first-order chi connectivity index (χ1) is 12.8. The van der Waals surface area contributed by atoms with Gasteiger partial charge in [0, 0.05) is 6.07 Å². The molecule has 0 aliphatic carbocycles. The first-order valence-electron chi connectivity index (χ1n) is 7.88. The first kappa shape index (κ1) is 18.5. The molecule has 0 saturated carbocycles. The van der Waals surface area contributed by atoms with E-state index in [0.717, 1.165) is 28.1 Å². The van der Waals surface area contributed by atoms with Crippen molar-refractivity contribution in [2.75, 3.05) is 4.31 Å². The van der Waals surface area contributed by atoms with Crippen LogP contribution in [0.1, 0.15) is 11.3 Å². The number of phenols is 1. The van der Waals surface area contributed by atoms with E-state index in [0.29, 0.717) is 11.4 Å². The van der Waals surface area contributed by atoms with Crippen molar-refractivity contribution < 1.29 is 22.9 Å². The molecule has 0 atom stereocenters. The van der Waals surface area contributed by atoms with Gasteiger partial charge in [-0.2, -0.15) is 0 Å². The zero-order chi connectivity index (χ0) is 19.6. The van der Waals surface area contributed by atoms with Crippen molar-refractivity contribution in [3.63, 3.8) is 0 Å². The number of hydrogen-bond acceptors (Lipinski definition) is 6. The monoisotopic (exact) mass is 388 g/mol. The van der Waals surface area contributed by atoms with Crippen LogP contribution >= 0.6 is 0 Å². The number of furan rings is 1. The molecule has 2 aromatic carbocycles. The van der Waals surface area contributed by atoms with Crippen LogP contribution in [-0.4, -0.2) is 18.4 Å². The Morgan fingerprint density at radius 1 is 1.15 bits per heavy atom. The van der Waals surface area contributed by atoms with Crippen LogP contribution in [0.2, 0.25) is 0 Å². The standard InChI is InChI=1S/C18H16N2O6S/c1-13-4-6-14(7-5-13)19(12-15-3-2-10-26-15)27(24,25)16-8-9-18(21)17(11-16)20(22)23/h2-11,21H,12H2,1H3. The minimum atomic E-state index is -4.16. The van der Waals surface area contributed by atoms with E-state index in [9.17, 15) is 23.6 Å². The quantitative estimate of drug-likeness (QED) is 0.510. The van der Waals surface area contributed by atoms with Crippen LogP contribution in [0.4, 0.5) is 11.4 Å². The number of sulfonamides is 1. The molecule has 0 aliphatic heterocycles. The van der Waals surface area contributed by atoms with Crippen molar-refractivity contribution in [1.82, 2.24) is 0 Å². The third-order valence-electron chi connectivity index (χ3n) is 3.93. The second-order valence-corrected chi connectivity index (χ2v) is 7.70. The number of anilines is 1. The van der Waals surface area contributed by atoms with Gasteiger partial charge in [0.15, 0.2) is 5.75 Å². The van der Waals surface area contributed by atoms with Crippen LogP contribution < -0.4 is 4.31 Å². The highest BCUT2D eigenvalue weighted by Crippen LogP contribution is 2.32. The molecule has 0 fully saturated rings. The van der Waals surface area contributed by atoms with Crippen molar-refractivity contribution in [3.8, 4) is 5.75 Å². The topological polar surface area (TPSA) is 114 Å². The van der Waals surface area contributed by atoms with Crippen LogP contribution in [0.5, 0.6) is 5.75 Å². The highest BCUT2D eigenvalue weighted by Gasteiger charge is 2.28. The van der Waals surface area contributed by atoms with Crippen molar-refractivity contribution in [1.29, 1.82) is 0 Å². The Morgan fingerprint density at radius 3 is 2.44 bits per heavy atom. The Morgan fingerprint density at radius 2 is 1.85 bits per heavy atom. The predicted octanol–water partition coefficient (Wildman–Crippen LogP) is 3.60. The van der Waals surface area contributed by atoms with E-state index in [1.54, 1.807) is 36.4 Å². The van der Waals surface area contributed by atoms with Crippen LogP contribution in [-0.2, 0) is 16.6 Å². The van der Waals surface area contributed by atoms with E-state index in [4.69, 9.17) is 4.42 Å². The molecule has 0 unspecified atom stereocenters. The third kappa shape index (κ3) is 3.77. The van der Waals surface area contributed by atoms with Gasteiger partial charge in [-0.25, -0.2) is 8.42 Å². The average molecular weight is 388 g/mol. The molecule has 140 valence electrons. The van der Waals surface area contributed by atoms with Gasteiger partial charge < -0.3 is 9.52 Å². The van der Waals surface area contributed by atoms with Gasteiger partial charge in [0.05, 0.1) is 28.3 Å². The number of benzene rings is 2. The first-order valence-corrected chi connectivity index (χ1v) is 9.32. The summed E-state index contributed by atoms with van der Waals surface area (Å²) >= 11 is 0. The van der Waals surface area contributed by atoms with Crippen molar-refractivity contribution in [3.05, 3.63) is 82.3 Å². The molecule has 0 spiro atoms. The van der Waals surface area contributed by atoms with Gasteiger partial charge in [0.2, 0.25) is 0 Å². The molecule has 0 radical (unpaired) electrons. The summed E-state index contributed by atoms with van der Waals surface area (Å²) in [6, 6.07) is 13.0. The number of aryl methyl sites for hydroxylation is 1. The van der Waals surface area contributed by atoms with Crippen LogP contribution in [0, 0.1) is 17.0 Å². The third-order valence-corrected chi connectivity index (χ3v) is 5.70.